The number of nitrogens with zero attached hydrogens (tertiary/aromatic N) is 2. The van der Waals surface area contributed by atoms with Gasteiger partial charge in [-0.1, -0.05) is 32.0 Å². The predicted octanol–water partition coefficient (Wildman–Crippen LogP) is 4.15. The number of carbonyl (C=O) groups is 1. The predicted molar refractivity (Wildman–Crippen MR) is 94.1 cm³/mol. The first-order valence-electron chi connectivity index (χ1n) is 8.25. The Morgan fingerprint density at radius 3 is 2.83 bits per heavy atom. The molecule has 0 saturated carbocycles. The highest BCUT2D eigenvalue weighted by Crippen LogP contribution is 2.33. The summed E-state index contributed by atoms with van der Waals surface area (Å²) in [4.78, 5) is 18.5. The zero-order valence-corrected chi connectivity index (χ0v) is 13.7. The van der Waals surface area contributed by atoms with Crippen molar-refractivity contribution in [2.24, 2.45) is 5.92 Å². The van der Waals surface area contributed by atoms with Crippen molar-refractivity contribution in [2.75, 3.05) is 16.8 Å². The first-order valence-corrected chi connectivity index (χ1v) is 8.25. The van der Waals surface area contributed by atoms with Crippen molar-refractivity contribution in [2.45, 2.75) is 33.1 Å². The molecule has 0 fully saturated rings. The van der Waals surface area contributed by atoms with E-state index in [0.717, 1.165) is 25.1 Å². The van der Waals surface area contributed by atoms with E-state index in [1.54, 1.807) is 0 Å². The molecule has 4 nitrogen and oxygen atoms in total. The van der Waals surface area contributed by atoms with Crippen molar-refractivity contribution >= 4 is 23.1 Å². The summed E-state index contributed by atoms with van der Waals surface area (Å²) in [5.41, 5.74) is 3.71. The van der Waals surface area contributed by atoms with Gasteiger partial charge in [-0.25, -0.2) is 4.98 Å². The van der Waals surface area contributed by atoms with E-state index in [-0.39, 0.29) is 5.91 Å². The maximum atomic E-state index is 11.8. The van der Waals surface area contributed by atoms with Crippen molar-refractivity contribution in [3.8, 4) is 0 Å². The number of aryl methyl sites for hydroxylation is 1. The summed E-state index contributed by atoms with van der Waals surface area (Å²) < 4.78 is 0. The third-order valence-electron chi connectivity index (χ3n) is 4.03. The lowest BCUT2D eigenvalue weighted by molar-refractivity contribution is -0.116. The van der Waals surface area contributed by atoms with Gasteiger partial charge in [-0.15, -0.1) is 0 Å². The molecule has 2 aromatic rings. The normalized spacial score (nSPS) is 13.8. The average Bonchev–Trinajstić information content (AvgIpc) is 2.54. The zero-order chi connectivity index (χ0) is 16.2. The second-order valence-electron chi connectivity index (χ2n) is 6.43. The van der Waals surface area contributed by atoms with Gasteiger partial charge in [0.1, 0.15) is 5.82 Å². The van der Waals surface area contributed by atoms with Gasteiger partial charge in [0.05, 0.1) is 11.9 Å². The number of para-hydroxylation sites is 1. The molecule has 23 heavy (non-hydrogen) atoms. The van der Waals surface area contributed by atoms with Crippen LogP contribution in [0.3, 0.4) is 0 Å². The van der Waals surface area contributed by atoms with E-state index in [4.69, 9.17) is 0 Å². The molecule has 1 aromatic heterocycles. The lowest BCUT2D eigenvalue weighted by atomic mass is 10.0. The molecule has 0 unspecified atom stereocenters. The van der Waals surface area contributed by atoms with Crippen LogP contribution >= 0.6 is 0 Å². The summed E-state index contributed by atoms with van der Waals surface area (Å²) in [6.45, 7) is 5.06. The molecule has 0 radical (unpaired) electrons. The van der Waals surface area contributed by atoms with Crippen LogP contribution in [0.25, 0.3) is 0 Å². The Kier molecular flexibility index (Phi) is 4.60. The van der Waals surface area contributed by atoms with Crippen LogP contribution in [0.15, 0.2) is 42.6 Å². The molecular formula is C19H23N3O. The van der Waals surface area contributed by atoms with Gasteiger partial charge in [-0.05, 0) is 42.5 Å². The van der Waals surface area contributed by atoms with Gasteiger partial charge in [0.25, 0.3) is 0 Å². The van der Waals surface area contributed by atoms with Gasteiger partial charge in [0, 0.05) is 18.7 Å². The second-order valence-corrected chi connectivity index (χ2v) is 6.43. The van der Waals surface area contributed by atoms with E-state index < -0.39 is 0 Å². The number of carbonyl (C=O) groups excluding carboxylic acids is 1. The van der Waals surface area contributed by atoms with Crippen molar-refractivity contribution in [1.29, 1.82) is 0 Å². The van der Waals surface area contributed by atoms with Crippen LogP contribution in [-0.2, 0) is 11.2 Å². The van der Waals surface area contributed by atoms with Crippen LogP contribution < -0.4 is 10.2 Å². The number of hydrogen-bond donors (Lipinski definition) is 1. The molecule has 1 N–H and O–H groups in total. The number of aromatic nitrogens is 1. The van der Waals surface area contributed by atoms with E-state index in [0.29, 0.717) is 18.2 Å². The second kappa shape index (κ2) is 6.82. The monoisotopic (exact) mass is 309 g/mol. The van der Waals surface area contributed by atoms with Crippen LogP contribution in [0.5, 0.6) is 0 Å². The molecule has 1 aliphatic rings. The maximum absolute atomic E-state index is 11.8. The minimum Gasteiger partial charge on any atom is -0.340 e. The number of anilines is 3. The highest BCUT2D eigenvalue weighted by Gasteiger charge is 2.18. The maximum Gasteiger partial charge on any atom is 0.225 e. The van der Waals surface area contributed by atoms with Gasteiger partial charge in [0.2, 0.25) is 5.91 Å². The molecule has 120 valence electrons. The average molecular weight is 309 g/mol. The lowest BCUT2D eigenvalue weighted by Gasteiger charge is -2.31. The molecule has 0 spiro atoms. The van der Waals surface area contributed by atoms with Gasteiger partial charge in [-0.2, -0.15) is 0 Å². The number of benzene rings is 1. The standard InChI is InChI=1S/C19H23N3O/c1-14(2)12-19(23)21-18-10-9-16(13-20-18)22-11-5-7-15-6-3-4-8-17(15)22/h3-4,6,8-10,13-14H,5,7,11-12H2,1-2H3,(H,20,21,23). The van der Waals surface area contributed by atoms with Crippen LogP contribution in [0, 0.1) is 5.92 Å². The number of fused-ring (bicyclic) bond motifs is 1. The SMILES string of the molecule is CC(C)CC(=O)Nc1ccc(N2CCCc3ccccc32)cn1. The van der Waals surface area contributed by atoms with Crippen LogP contribution in [-0.4, -0.2) is 17.4 Å². The van der Waals surface area contributed by atoms with Crippen LogP contribution in [0.1, 0.15) is 32.3 Å². The number of rotatable bonds is 4. The Balaban J connectivity index is 1.74. The van der Waals surface area contributed by atoms with Gasteiger partial charge < -0.3 is 10.2 Å². The summed E-state index contributed by atoms with van der Waals surface area (Å²) in [7, 11) is 0. The summed E-state index contributed by atoms with van der Waals surface area (Å²) in [6, 6.07) is 12.4. The third-order valence-corrected chi connectivity index (χ3v) is 4.03. The first kappa shape index (κ1) is 15.5. The smallest absolute Gasteiger partial charge is 0.225 e. The minimum absolute atomic E-state index is 0.0172. The van der Waals surface area contributed by atoms with E-state index in [1.165, 1.54) is 11.3 Å². The summed E-state index contributed by atoms with van der Waals surface area (Å²) in [6.07, 6.45) is 4.63. The quantitative estimate of drug-likeness (QED) is 0.922. The Labute approximate surface area is 137 Å². The first-order chi connectivity index (χ1) is 11.1. The molecule has 0 bridgehead atoms. The number of hydrogen-bond acceptors (Lipinski definition) is 3. The number of amides is 1. The van der Waals surface area contributed by atoms with E-state index in [1.807, 2.05) is 32.2 Å². The largest absolute Gasteiger partial charge is 0.340 e. The molecule has 2 heterocycles. The Morgan fingerprint density at radius 2 is 2.09 bits per heavy atom. The van der Waals surface area contributed by atoms with E-state index in [9.17, 15) is 4.79 Å². The summed E-state index contributed by atoms with van der Waals surface area (Å²) in [5.74, 6) is 0.979. The number of pyridine rings is 1. The molecule has 0 aliphatic carbocycles. The fraction of sp³-hybridized carbons (Fsp3) is 0.368. The highest BCUT2D eigenvalue weighted by molar-refractivity contribution is 5.90. The Hall–Kier alpha value is -2.36. The van der Waals surface area contributed by atoms with Gasteiger partial charge in [-0.3, -0.25) is 4.79 Å². The molecule has 1 aliphatic heterocycles. The fourth-order valence-corrected chi connectivity index (χ4v) is 2.99. The molecular weight excluding hydrogens is 286 g/mol. The Bertz CT molecular complexity index is 679. The third kappa shape index (κ3) is 3.70. The fourth-order valence-electron chi connectivity index (χ4n) is 2.99. The van der Waals surface area contributed by atoms with Crippen LogP contribution in [0.2, 0.25) is 0 Å². The molecule has 0 atom stereocenters. The van der Waals surface area contributed by atoms with Crippen molar-refractivity contribution in [1.82, 2.24) is 4.98 Å². The Morgan fingerprint density at radius 1 is 1.26 bits per heavy atom. The van der Waals surface area contributed by atoms with Gasteiger partial charge in [0.15, 0.2) is 0 Å². The topological polar surface area (TPSA) is 45.2 Å². The minimum atomic E-state index is 0.0172. The molecule has 4 heteroatoms. The van der Waals surface area contributed by atoms with E-state index in [2.05, 4.69) is 39.5 Å². The molecule has 0 saturated heterocycles. The highest BCUT2D eigenvalue weighted by atomic mass is 16.1. The van der Waals surface area contributed by atoms with Crippen molar-refractivity contribution in [3.63, 3.8) is 0 Å². The zero-order valence-electron chi connectivity index (χ0n) is 13.7. The molecule has 3 rings (SSSR count). The van der Waals surface area contributed by atoms with Crippen LogP contribution in [0.4, 0.5) is 17.2 Å². The summed E-state index contributed by atoms with van der Waals surface area (Å²) in [5, 5.41) is 2.85. The van der Waals surface area contributed by atoms with Gasteiger partial charge >= 0.3 is 0 Å². The van der Waals surface area contributed by atoms with Crippen molar-refractivity contribution < 1.29 is 4.79 Å². The lowest BCUT2D eigenvalue weighted by Crippen LogP contribution is -2.24. The van der Waals surface area contributed by atoms with E-state index >= 15 is 0 Å². The molecule has 1 aromatic carbocycles. The summed E-state index contributed by atoms with van der Waals surface area (Å²) >= 11 is 0. The van der Waals surface area contributed by atoms with Crippen molar-refractivity contribution in [3.05, 3.63) is 48.2 Å². The molecule has 1 amide bonds. The number of nitrogens with one attached hydrogen (secondary N) is 1.